The van der Waals surface area contributed by atoms with Crippen LogP contribution in [0, 0.1) is 27.2 Å². The Labute approximate surface area is 186 Å². The van der Waals surface area contributed by atoms with Gasteiger partial charge in [-0.1, -0.05) is 29.8 Å². The van der Waals surface area contributed by atoms with Gasteiger partial charge in [-0.25, -0.2) is 0 Å². The van der Waals surface area contributed by atoms with Crippen LogP contribution in [0.5, 0.6) is 0 Å². The van der Waals surface area contributed by atoms with E-state index in [0.29, 0.717) is 5.56 Å². The Hall–Kier alpha value is -4.31. The van der Waals surface area contributed by atoms with E-state index in [1.807, 2.05) is 0 Å². The quantitative estimate of drug-likeness (QED) is 0.397. The number of nitro groups is 2. The fourth-order valence-corrected chi connectivity index (χ4v) is 3.12. The van der Waals surface area contributed by atoms with Crippen LogP contribution in [0.2, 0.25) is 5.02 Å². The maximum atomic E-state index is 12.8. The molecule has 0 radical (unpaired) electrons. The summed E-state index contributed by atoms with van der Waals surface area (Å²) in [6.45, 7) is 1.58. The molecule has 0 aliphatic carbocycles. The molecule has 3 aromatic rings. The second kappa shape index (κ2) is 9.23. The monoisotopic (exact) mass is 454 g/mol. The second-order valence-electron chi connectivity index (χ2n) is 6.63. The first-order chi connectivity index (χ1) is 15.2. The van der Waals surface area contributed by atoms with E-state index in [0.717, 1.165) is 12.1 Å². The van der Waals surface area contributed by atoms with Crippen molar-refractivity contribution in [2.75, 3.05) is 10.6 Å². The standard InChI is InChI=1S/C21H15ClN4O6/c1-12-6-7-13(10-19(12)26(31)32)23-21(28)16-4-2-3-5-18(16)24-20(27)15-9-8-14(25(29)30)11-17(15)22/h2-11H,1H3,(H,23,28)(H,24,27). The number of aryl methyl sites for hydroxylation is 1. The fourth-order valence-electron chi connectivity index (χ4n) is 2.86. The molecule has 0 saturated carbocycles. The van der Waals surface area contributed by atoms with Gasteiger partial charge in [-0.15, -0.1) is 0 Å². The molecule has 0 bridgehead atoms. The molecule has 3 aromatic carbocycles. The number of nitro benzene ring substituents is 2. The van der Waals surface area contributed by atoms with Crippen LogP contribution in [-0.2, 0) is 0 Å². The van der Waals surface area contributed by atoms with E-state index in [9.17, 15) is 29.8 Å². The zero-order chi connectivity index (χ0) is 23.4. The third kappa shape index (κ3) is 4.87. The lowest BCUT2D eigenvalue weighted by Crippen LogP contribution is -2.18. The molecule has 0 unspecified atom stereocenters. The molecule has 162 valence electrons. The van der Waals surface area contributed by atoms with Crippen molar-refractivity contribution in [2.45, 2.75) is 6.92 Å². The largest absolute Gasteiger partial charge is 0.322 e. The third-order valence-electron chi connectivity index (χ3n) is 4.49. The second-order valence-corrected chi connectivity index (χ2v) is 7.04. The van der Waals surface area contributed by atoms with Crippen molar-refractivity contribution in [3.63, 3.8) is 0 Å². The highest BCUT2D eigenvalue weighted by Gasteiger charge is 2.19. The summed E-state index contributed by atoms with van der Waals surface area (Å²) in [7, 11) is 0. The molecule has 0 spiro atoms. The Morgan fingerprint density at radius 1 is 0.844 bits per heavy atom. The number of anilines is 2. The molecule has 0 saturated heterocycles. The lowest BCUT2D eigenvalue weighted by molar-refractivity contribution is -0.385. The molecular formula is C21H15ClN4O6. The molecule has 3 rings (SSSR count). The SMILES string of the molecule is Cc1ccc(NC(=O)c2ccccc2NC(=O)c2ccc([N+](=O)[O-])cc2Cl)cc1[N+](=O)[O-]. The number of carbonyl (C=O) groups is 2. The van der Waals surface area contributed by atoms with E-state index in [-0.39, 0.29) is 38.9 Å². The van der Waals surface area contributed by atoms with Gasteiger partial charge in [0, 0.05) is 29.4 Å². The maximum absolute atomic E-state index is 12.8. The van der Waals surface area contributed by atoms with Crippen molar-refractivity contribution in [1.29, 1.82) is 0 Å². The Morgan fingerprint density at radius 2 is 1.53 bits per heavy atom. The van der Waals surface area contributed by atoms with E-state index in [1.165, 1.54) is 36.4 Å². The first-order valence-electron chi connectivity index (χ1n) is 9.08. The molecule has 0 heterocycles. The summed E-state index contributed by atoms with van der Waals surface area (Å²) in [5.41, 5.74) is 0.498. The first kappa shape index (κ1) is 22.4. The minimum atomic E-state index is -0.670. The molecule has 10 nitrogen and oxygen atoms in total. The van der Waals surface area contributed by atoms with Crippen LogP contribution in [0.25, 0.3) is 0 Å². The minimum Gasteiger partial charge on any atom is -0.322 e. The average molecular weight is 455 g/mol. The first-order valence-corrected chi connectivity index (χ1v) is 9.46. The van der Waals surface area contributed by atoms with Gasteiger partial charge in [0.2, 0.25) is 0 Å². The average Bonchev–Trinajstić information content (AvgIpc) is 2.75. The number of carbonyl (C=O) groups excluding carboxylic acids is 2. The summed E-state index contributed by atoms with van der Waals surface area (Å²) in [5.74, 6) is -1.27. The third-order valence-corrected chi connectivity index (χ3v) is 4.80. The number of nitrogens with zero attached hydrogens (tertiary/aromatic N) is 2. The van der Waals surface area contributed by atoms with Crippen molar-refractivity contribution in [3.8, 4) is 0 Å². The summed E-state index contributed by atoms with van der Waals surface area (Å²) in [6.07, 6.45) is 0. The summed E-state index contributed by atoms with van der Waals surface area (Å²) in [6, 6.07) is 13.8. The summed E-state index contributed by atoms with van der Waals surface area (Å²) in [4.78, 5) is 46.2. The number of hydrogen-bond donors (Lipinski definition) is 2. The van der Waals surface area contributed by atoms with Gasteiger partial charge in [0.1, 0.15) is 0 Å². The molecule has 2 N–H and O–H groups in total. The molecule has 0 aromatic heterocycles. The van der Waals surface area contributed by atoms with Crippen LogP contribution in [0.15, 0.2) is 60.7 Å². The predicted molar refractivity (Wildman–Crippen MR) is 118 cm³/mol. The van der Waals surface area contributed by atoms with Gasteiger partial charge in [-0.05, 0) is 31.2 Å². The topological polar surface area (TPSA) is 144 Å². The summed E-state index contributed by atoms with van der Waals surface area (Å²) in [5, 5.41) is 27.0. The molecule has 0 fully saturated rings. The van der Waals surface area contributed by atoms with Crippen LogP contribution in [0.4, 0.5) is 22.7 Å². The highest BCUT2D eigenvalue weighted by atomic mass is 35.5. The van der Waals surface area contributed by atoms with Crippen LogP contribution >= 0.6 is 11.6 Å². The van der Waals surface area contributed by atoms with Crippen molar-refractivity contribution in [3.05, 3.63) is 103 Å². The highest BCUT2D eigenvalue weighted by Crippen LogP contribution is 2.26. The predicted octanol–water partition coefficient (Wildman–Crippen LogP) is 4.97. The molecule has 11 heteroatoms. The number of amides is 2. The smallest absolute Gasteiger partial charge is 0.274 e. The number of nitrogens with one attached hydrogen (secondary N) is 2. The van der Waals surface area contributed by atoms with E-state index in [1.54, 1.807) is 19.1 Å². The zero-order valence-corrected chi connectivity index (χ0v) is 17.3. The van der Waals surface area contributed by atoms with Crippen LogP contribution < -0.4 is 10.6 Å². The number of rotatable bonds is 6. The number of hydrogen-bond acceptors (Lipinski definition) is 6. The van der Waals surface area contributed by atoms with Crippen molar-refractivity contribution < 1.29 is 19.4 Å². The number of benzene rings is 3. The van der Waals surface area contributed by atoms with Crippen LogP contribution in [0.1, 0.15) is 26.3 Å². The lowest BCUT2D eigenvalue weighted by atomic mass is 10.1. The normalized spacial score (nSPS) is 10.3. The van der Waals surface area contributed by atoms with Crippen molar-refractivity contribution >= 4 is 46.2 Å². The molecule has 0 aliphatic heterocycles. The Balaban J connectivity index is 1.84. The fraction of sp³-hybridized carbons (Fsp3) is 0.0476. The summed E-state index contributed by atoms with van der Waals surface area (Å²) >= 11 is 6.00. The van der Waals surface area contributed by atoms with E-state index in [2.05, 4.69) is 10.6 Å². The number of para-hydroxylation sites is 1. The summed E-state index contributed by atoms with van der Waals surface area (Å²) < 4.78 is 0. The van der Waals surface area contributed by atoms with Gasteiger partial charge in [-0.3, -0.25) is 29.8 Å². The van der Waals surface area contributed by atoms with Gasteiger partial charge in [0.15, 0.2) is 0 Å². The van der Waals surface area contributed by atoms with E-state index in [4.69, 9.17) is 11.6 Å². The molecule has 0 atom stereocenters. The Bertz CT molecular complexity index is 1260. The number of non-ortho nitro benzene ring substituents is 1. The maximum Gasteiger partial charge on any atom is 0.274 e. The van der Waals surface area contributed by atoms with Crippen LogP contribution in [0.3, 0.4) is 0 Å². The van der Waals surface area contributed by atoms with Crippen LogP contribution in [-0.4, -0.2) is 21.7 Å². The van der Waals surface area contributed by atoms with Gasteiger partial charge in [0.05, 0.1) is 31.7 Å². The minimum absolute atomic E-state index is 0.0124. The lowest BCUT2D eigenvalue weighted by Gasteiger charge is -2.12. The number of halogens is 1. The molecular weight excluding hydrogens is 440 g/mol. The van der Waals surface area contributed by atoms with Gasteiger partial charge in [0.25, 0.3) is 23.2 Å². The van der Waals surface area contributed by atoms with Crippen molar-refractivity contribution in [2.24, 2.45) is 0 Å². The molecule has 2 amide bonds. The van der Waals surface area contributed by atoms with Gasteiger partial charge < -0.3 is 10.6 Å². The van der Waals surface area contributed by atoms with Crippen molar-refractivity contribution in [1.82, 2.24) is 0 Å². The Kier molecular flexibility index (Phi) is 6.45. The van der Waals surface area contributed by atoms with E-state index >= 15 is 0 Å². The molecule has 32 heavy (non-hydrogen) atoms. The molecule has 0 aliphatic rings. The van der Waals surface area contributed by atoms with Gasteiger partial charge >= 0.3 is 0 Å². The zero-order valence-electron chi connectivity index (χ0n) is 16.5. The Morgan fingerprint density at radius 3 is 2.19 bits per heavy atom. The van der Waals surface area contributed by atoms with E-state index < -0.39 is 21.7 Å². The highest BCUT2D eigenvalue weighted by molar-refractivity contribution is 6.34. The van der Waals surface area contributed by atoms with Gasteiger partial charge in [-0.2, -0.15) is 0 Å².